The van der Waals surface area contributed by atoms with Gasteiger partial charge in [0, 0.05) is 29.1 Å². The van der Waals surface area contributed by atoms with Crippen molar-refractivity contribution < 1.29 is 31.1 Å². The first-order valence-electron chi connectivity index (χ1n) is 8.03. The number of benzene rings is 1. The van der Waals surface area contributed by atoms with Crippen LogP contribution in [0.15, 0.2) is 42.7 Å². The average molecular weight is 414 g/mol. The first-order chi connectivity index (χ1) is 13.5. The molecule has 0 atom stereocenters. The highest BCUT2D eigenvalue weighted by Crippen LogP contribution is 2.36. The predicted molar refractivity (Wildman–Crippen MR) is 91.0 cm³/mol. The molecule has 152 valence electrons. The minimum absolute atomic E-state index is 0.0206. The first kappa shape index (κ1) is 20.4. The van der Waals surface area contributed by atoms with Gasteiger partial charge in [0.15, 0.2) is 5.82 Å². The number of aromatic nitrogens is 3. The van der Waals surface area contributed by atoms with Crippen LogP contribution >= 0.6 is 0 Å². The second-order valence-corrected chi connectivity index (χ2v) is 6.06. The van der Waals surface area contributed by atoms with Crippen LogP contribution in [0.2, 0.25) is 0 Å². The summed E-state index contributed by atoms with van der Waals surface area (Å²) in [4.78, 5) is 16.2. The van der Waals surface area contributed by atoms with Crippen LogP contribution < -0.4 is 5.32 Å². The van der Waals surface area contributed by atoms with E-state index >= 15 is 0 Å². The lowest BCUT2D eigenvalue weighted by atomic mass is 10.0. The third-order valence-electron chi connectivity index (χ3n) is 4.06. The molecule has 3 rings (SSSR count). The maximum atomic E-state index is 13.0. The average Bonchev–Trinajstić information content (AvgIpc) is 3.01. The zero-order valence-corrected chi connectivity index (χ0v) is 14.6. The molecule has 0 radical (unpaired) electrons. The molecule has 0 aliphatic rings. The minimum atomic E-state index is -5.05. The molecular weight excluding hydrogens is 402 g/mol. The lowest BCUT2D eigenvalue weighted by molar-refractivity contribution is -0.143. The van der Waals surface area contributed by atoms with E-state index in [4.69, 9.17) is 0 Å². The summed E-state index contributed by atoms with van der Waals surface area (Å²) >= 11 is 0. The Morgan fingerprint density at radius 1 is 0.966 bits per heavy atom. The van der Waals surface area contributed by atoms with Gasteiger partial charge in [-0.05, 0) is 37.3 Å². The molecule has 0 bridgehead atoms. The summed E-state index contributed by atoms with van der Waals surface area (Å²) in [6.45, 7) is 1.59. The molecule has 1 amide bonds. The van der Waals surface area contributed by atoms with E-state index in [2.05, 4.69) is 20.5 Å². The largest absolute Gasteiger partial charge is 0.416 e. The normalized spacial score (nSPS) is 12.1. The molecule has 1 aromatic carbocycles. The Labute approximate surface area is 159 Å². The fraction of sp³-hybridized carbons (Fsp3) is 0.167. The van der Waals surface area contributed by atoms with Crippen molar-refractivity contribution in [2.45, 2.75) is 19.3 Å². The number of amides is 1. The smallest absolute Gasteiger partial charge is 0.305 e. The zero-order chi connectivity index (χ0) is 21.4. The summed E-state index contributed by atoms with van der Waals surface area (Å²) in [5.74, 6) is -1.18. The standard InChI is InChI=1S/C18H12F6N4O/c1-9-14(10-2-4-25-5-3-10)27-28-15(9)26-16(29)11-6-12(17(19,20)21)8-13(7-11)18(22,23)24/h2-8H,1H3,(H2,26,27,28,29). The van der Waals surface area contributed by atoms with Gasteiger partial charge in [0.2, 0.25) is 0 Å². The van der Waals surface area contributed by atoms with Crippen LogP contribution in [0, 0.1) is 6.92 Å². The second kappa shape index (κ2) is 7.22. The maximum Gasteiger partial charge on any atom is 0.416 e. The van der Waals surface area contributed by atoms with Crippen molar-refractivity contribution >= 4 is 11.7 Å². The van der Waals surface area contributed by atoms with Crippen LogP contribution in [0.4, 0.5) is 32.2 Å². The molecule has 0 spiro atoms. The number of carbonyl (C=O) groups is 1. The topological polar surface area (TPSA) is 70.7 Å². The Morgan fingerprint density at radius 2 is 1.52 bits per heavy atom. The molecule has 2 heterocycles. The van der Waals surface area contributed by atoms with Gasteiger partial charge in [-0.15, -0.1) is 0 Å². The summed E-state index contributed by atoms with van der Waals surface area (Å²) in [6, 6.07) is 3.99. The van der Waals surface area contributed by atoms with Crippen LogP contribution in [0.5, 0.6) is 0 Å². The number of nitrogens with zero attached hydrogens (tertiary/aromatic N) is 2. The zero-order valence-electron chi connectivity index (χ0n) is 14.6. The highest BCUT2D eigenvalue weighted by atomic mass is 19.4. The van der Waals surface area contributed by atoms with E-state index in [0.29, 0.717) is 29.0 Å². The Bertz CT molecular complexity index is 1010. The van der Waals surface area contributed by atoms with Gasteiger partial charge in [-0.25, -0.2) is 0 Å². The summed E-state index contributed by atoms with van der Waals surface area (Å²) in [7, 11) is 0. The van der Waals surface area contributed by atoms with E-state index in [1.807, 2.05) is 0 Å². The highest BCUT2D eigenvalue weighted by Gasteiger charge is 2.37. The fourth-order valence-electron chi connectivity index (χ4n) is 2.58. The molecule has 0 aliphatic heterocycles. The molecule has 11 heteroatoms. The number of aromatic amines is 1. The molecule has 0 saturated carbocycles. The van der Waals surface area contributed by atoms with Gasteiger partial charge < -0.3 is 5.32 Å². The number of hydrogen-bond donors (Lipinski definition) is 2. The van der Waals surface area contributed by atoms with Gasteiger partial charge in [0.25, 0.3) is 5.91 Å². The van der Waals surface area contributed by atoms with Crippen LogP contribution in [-0.4, -0.2) is 21.1 Å². The van der Waals surface area contributed by atoms with Crippen molar-refractivity contribution in [2.75, 3.05) is 5.32 Å². The summed E-state index contributed by atoms with van der Waals surface area (Å²) < 4.78 is 77.8. The third-order valence-corrected chi connectivity index (χ3v) is 4.06. The number of carbonyl (C=O) groups excluding carboxylic acids is 1. The van der Waals surface area contributed by atoms with Crippen LogP contribution in [0.1, 0.15) is 27.0 Å². The van der Waals surface area contributed by atoms with Gasteiger partial charge in [0.1, 0.15) is 0 Å². The number of hydrogen-bond acceptors (Lipinski definition) is 3. The Kier molecular flexibility index (Phi) is 5.07. The van der Waals surface area contributed by atoms with E-state index < -0.39 is 35.0 Å². The van der Waals surface area contributed by atoms with Crippen molar-refractivity contribution in [3.63, 3.8) is 0 Å². The molecule has 29 heavy (non-hydrogen) atoms. The molecule has 0 aliphatic carbocycles. The minimum Gasteiger partial charge on any atom is -0.305 e. The number of anilines is 1. The van der Waals surface area contributed by atoms with Gasteiger partial charge in [-0.2, -0.15) is 31.4 Å². The van der Waals surface area contributed by atoms with Crippen LogP contribution in [-0.2, 0) is 12.4 Å². The summed E-state index contributed by atoms with van der Waals surface area (Å²) in [5, 5.41) is 8.79. The predicted octanol–water partition coefficient (Wildman–Crippen LogP) is 5.07. The van der Waals surface area contributed by atoms with Gasteiger partial charge in [0.05, 0.1) is 16.8 Å². The third kappa shape index (κ3) is 4.39. The molecule has 0 unspecified atom stereocenters. The number of rotatable bonds is 3. The molecule has 2 aromatic heterocycles. The maximum absolute atomic E-state index is 13.0. The molecule has 2 N–H and O–H groups in total. The first-order valence-corrected chi connectivity index (χ1v) is 8.03. The van der Waals surface area contributed by atoms with Crippen molar-refractivity contribution in [2.24, 2.45) is 0 Å². The van der Waals surface area contributed by atoms with Crippen molar-refractivity contribution in [3.05, 3.63) is 65.0 Å². The van der Waals surface area contributed by atoms with Gasteiger partial charge in [-0.3, -0.25) is 14.9 Å². The number of pyridine rings is 1. The highest BCUT2D eigenvalue weighted by molar-refractivity contribution is 6.04. The number of H-pyrrole nitrogens is 1. The number of alkyl halides is 6. The molecule has 5 nitrogen and oxygen atoms in total. The van der Waals surface area contributed by atoms with Crippen LogP contribution in [0.3, 0.4) is 0 Å². The van der Waals surface area contributed by atoms with E-state index in [-0.39, 0.29) is 11.9 Å². The SMILES string of the molecule is Cc1c(NC(=O)c2cc(C(F)(F)F)cc(C(F)(F)F)c2)n[nH]c1-c1ccncc1. The summed E-state index contributed by atoms with van der Waals surface area (Å²) in [6.07, 6.45) is -7.05. The summed E-state index contributed by atoms with van der Waals surface area (Å²) in [5.41, 5.74) is -2.29. The van der Waals surface area contributed by atoms with Crippen molar-refractivity contribution in [1.82, 2.24) is 15.2 Å². The number of halogens is 6. The number of nitrogens with one attached hydrogen (secondary N) is 2. The fourth-order valence-corrected chi connectivity index (χ4v) is 2.58. The van der Waals surface area contributed by atoms with Gasteiger partial charge >= 0.3 is 12.4 Å². The molecule has 3 aromatic rings. The Morgan fingerprint density at radius 3 is 2.03 bits per heavy atom. The molecular formula is C18H12F6N4O. The Hall–Kier alpha value is -3.37. The molecule has 0 saturated heterocycles. The molecule has 0 fully saturated rings. The lowest BCUT2D eigenvalue weighted by Gasteiger charge is -2.14. The van der Waals surface area contributed by atoms with Gasteiger partial charge in [-0.1, -0.05) is 0 Å². The van der Waals surface area contributed by atoms with E-state index in [9.17, 15) is 31.1 Å². The Balaban J connectivity index is 1.95. The van der Waals surface area contributed by atoms with Crippen LogP contribution in [0.25, 0.3) is 11.3 Å². The van der Waals surface area contributed by atoms with Crippen molar-refractivity contribution in [3.8, 4) is 11.3 Å². The lowest BCUT2D eigenvalue weighted by Crippen LogP contribution is -2.17. The van der Waals surface area contributed by atoms with E-state index in [1.54, 1.807) is 19.1 Å². The quantitative estimate of drug-likeness (QED) is 0.588. The van der Waals surface area contributed by atoms with Crippen molar-refractivity contribution in [1.29, 1.82) is 0 Å². The monoisotopic (exact) mass is 414 g/mol. The van der Waals surface area contributed by atoms with E-state index in [0.717, 1.165) is 0 Å². The second-order valence-electron chi connectivity index (χ2n) is 6.06. The van der Waals surface area contributed by atoms with E-state index in [1.165, 1.54) is 12.4 Å².